The van der Waals surface area contributed by atoms with Gasteiger partial charge in [-0.1, -0.05) is 0 Å². The number of aliphatic imine (C=N–C) groups is 1. The van der Waals surface area contributed by atoms with Gasteiger partial charge in [-0.3, -0.25) is 4.99 Å². The largest absolute Gasteiger partial charge is 0.506 e. The fourth-order valence-corrected chi connectivity index (χ4v) is 5.98. The summed E-state index contributed by atoms with van der Waals surface area (Å²) in [5.41, 5.74) is 0.888. The molecule has 0 spiro atoms. The van der Waals surface area contributed by atoms with Gasteiger partial charge in [0.15, 0.2) is 11.8 Å². The number of rotatable bonds is 6. The van der Waals surface area contributed by atoms with Crippen molar-refractivity contribution in [3.05, 3.63) is 44.1 Å². The second kappa shape index (κ2) is 10.0. The summed E-state index contributed by atoms with van der Waals surface area (Å²) in [4.78, 5) is 15.3. The molecule has 2 rings (SSSR count). The third-order valence-electron chi connectivity index (χ3n) is 3.31. The Kier molecular flexibility index (Phi) is 8.65. The van der Waals surface area contributed by atoms with Gasteiger partial charge in [0, 0.05) is 6.42 Å². The highest BCUT2D eigenvalue weighted by molar-refractivity contribution is 14.1. The fraction of sp³-hybridized carbons (Fsp3) is 0.176. The number of benzene rings is 2. The smallest absolute Gasteiger partial charge is 0.328 e. The molecule has 2 N–H and O–H groups in total. The van der Waals surface area contributed by atoms with Gasteiger partial charge in [0.25, 0.3) is 0 Å². The molecule has 0 amide bonds. The first-order valence-electron chi connectivity index (χ1n) is 7.27. The highest BCUT2D eigenvalue weighted by Gasteiger charge is 2.18. The van der Waals surface area contributed by atoms with Crippen LogP contribution < -0.4 is 4.74 Å². The maximum absolute atomic E-state index is 11.3. The van der Waals surface area contributed by atoms with Gasteiger partial charge in [0.05, 0.1) is 14.3 Å². The minimum atomic E-state index is -0.943. The summed E-state index contributed by atoms with van der Waals surface area (Å²) < 4.78 is 9.22. The van der Waals surface area contributed by atoms with E-state index in [0.717, 1.165) is 12.7 Å². The molecule has 9 heteroatoms. The van der Waals surface area contributed by atoms with Crippen molar-refractivity contribution in [2.24, 2.45) is 4.99 Å². The number of phenols is 1. The highest BCUT2D eigenvalue weighted by Crippen LogP contribution is 2.37. The molecule has 5 nitrogen and oxygen atoms in total. The number of hydrogen-bond acceptors (Lipinski definition) is 4. The van der Waals surface area contributed by atoms with E-state index in [4.69, 9.17) is 4.74 Å². The van der Waals surface area contributed by atoms with Crippen LogP contribution in [-0.4, -0.2) is 28.4 Å². The van der Waals surface area contributed by atoms with E-state index in [1.165, 1.54) is 6.21 Å². The minimum Gasteiger partial charge on any atom is -0.506 e. The Bertz CT molecular complexity index is 824. The highest BCUT2D eigenvalue weighted by atomic mass is 127. The van der Waals surface area contributed by atoms with Gasteiger partial charge < -0.3 is 14.9 Å². The van der Waals surface area contributed by atoms with E-state index in [2.05, 4.69) is 95.4 Å². The summed E-state index contributed by atoms with van der Waals surface area (Å²) in [6.07, 6.45) is 1.83. The average molecular weight is 803 g/mol. The van der Waals surface area contributed by atoms with Gasteiger partial charge in [0.2, 0.25) is 0 Å². The summed E-state index contributed by atoms with van der Waals surface area (Å²) in [5, 5.41) is 19.1. The average Bonchev–Trinajstić information content (AvgIpc) is 2.55. The molecule has 0 radical (unpaired) electrons. The Hall–Kier alpha value is 0.1000. The lowest BCUT2D eigenvalue weighted by molar-refractivity contribution is -0.138. The molecular formula is C17H13I4NO4. The Morgan fingerprint density at radius 1 is 1.12 bits per heavy atom. The molecule has 0 aromatic heterocycles. The summed E-state index contributed by atoms with van der Waals surface area (Å²) >= 11 is 8.48. The molecule has 1 atom stereocenters. The molecule has 0 unspecified atom stereocenters. The summed E-state index contributed by atoms with van der Waals surface area (Å²) in [5.74, 6) is 0.647. The van der Waals surface area contributed by atoms with Crippen LogP contribution in [0.5, 0.6) is 17.2 Å². The third-order valence-corrected chi connectivity index (χ3v) is 6.56. The van der Waals surface area contributed by atoms with Crippen LogP contribution in [0.15, 0.2) is 29.3 Å². The van der Waals surface area contributed by atoms with E-state index in [9.17, 15) is 15.0 Å². The first-order valence-corrected chi connectivity index (χ1v) is 11.6. The Balaban J connectivity index is 2.31. The lowest BCUT2D eigenvalue weighted by Crippen LogP contribution is -2.20. The number of aliphatic carboxylic acids is 1. The topological polar surface area (TPSA) is 79.1 Å². The maximum Gasteiger partial charge on any atom is 0.328 e. The number of carbonyl (C=O) groups is 1. The number of hydrogen-bond donors (Lipinski definition) is 2. The molecule has 0 aliphatic rings. The molecule has 0 saturated carbocycles. The number of carboxylic acids is 1. The zero-order valence-corrected chi connectivity index (χ0v) is 22.0. The second-order valence-corrected chi connectivity index (χ2v) is 9.84. The first kappa shape index (κ1) is 22.4. The SMILES string of the molecule is CC=N[C@@H](Cc1cc(I)c(Oc2cc(I)c(O)c(I)c2)c(I)c1)C(=O)O. The zero-order chi connectivity index (χ0) is 19.4. The van der Waals surface area contributed by atoms with Crippen molar-refractivity contribution in [3.63, 3.8) is 0 Å². The Labute approximate surface area is 205 Å². The number of phenolic OH excluding ortho intramolecular Hbond substituents is 1. The standard InChI is InChI=1S/C17H13I4NO4/c1-2-22-14(17(24)25)5-8-3-12(20)16(13(21)4-8)26-9-6-10(18)15(23)11(19)7-9/h2-4,6-7,14,23H,5H2,1H3,(H,24,25)/t14-/m0/s1. The van der Waals surface area contributed by atoms with Gasteiger partial charge >= 0.3 is 5.97 Å². The summed E-state index contributed by atoms with van der Waals surface area (Å²) in [7, 11) is 0. The van der Waals surface area contributed by atoms with Crippen LogP contribution in [-0.2, 0) is 11.2 Å². The van der Waals surface area contributed by atoms with Gasteiger partial charge in [-0.15, -0.1) is 0 Å². The van der Waals surface area contributed by atoms with Crippen molar-refractivity contribution in [2.45, 2.75) is 19.4 Å². The molecule has 0 bridgehead atoms. The monoisotopic (exact) mass is 803 g/mol. The van der Waals surface area contributed by atoms with Crippen LogP contribution in [0.1, 0.15) is 12.5 Å². The van der Waals surface area contributed by atoms with Crippen LogP contribution in [0.4, 0.5) is 0 Å². The minimum absolute atomic E-state index is 0.245. The molecule has 0 fully saturated rings. The normalized spacial score (nSPS) is 12.3. The van der Waals surface area contributed by atoms with Crippen molar-refractivity contribution in [1.82, 2.24) is 0 Å². The number of carboxylic acid groups (broad SMARTS) is 1. The van der Waals surface area contributed by atoms with E-state index in [0.29, 0.717) is 25.1 Å². The molecule has 2 aromatic rings. The number of ether oxygens (including phenoxy) is 1. The van der Waals surface area contributed by atoms with Crippen LogP contribution in [0, 0.1) is 14.3 Å². The van der Waals surface area contributed by atoms with E-state index < -0.39 is 12.0 Å². The lowest BCUT2D eigenvalue weighted by Gasteiger charge is -2.14. The molecule has 0 heterocycles. The van der Waals surface area contributed by atoms with Crippen LogP contribution in [0.25, 0.3) is 0 Å². The lowest BCUT2D eigenvalue weighted by atomic mass is 10.1. The quantitative estimate of drug-likeness (QED) is 0.291. The van der Waals surface area contributed by atoms with Crippen molar-refractivity contribution in [2.75, 3.05) is 0 Å². The predicted molar refractivity (Wildman–Crippen MR) is 135 cm³/mol. The fourth-order valence-electron chi connectivity index (χ4n) is 2.15. The zero-order valence-electron chi connectivity index (χ0n) is 13.3. The number of nitrogens with zero attached hydrogens (tertiary/aromatic N) is 1. The van der Waals surface area contributed by atoms with E-state index in [1.807, 2.05) is 12.1 Å². The van der Waals surface area contributed by atoms with Gasteiger partial charge in [-0.05, 0) is 133 Å². The molecule has 138 valence electrons. The van der Waals surface area contributed by atoms with Crippen LogP contribution >= 0.6 is 90.4 Å². The number of aromatic hydroxyl groups is 1. The predicted octanol–water partition coefficient (Wildman–Crippen LogP) is 5.69. The van der Waals surface area contributed by atoms with Crippen molar-refractivity contribution < 1.29 is 19.7 Å². The molecular weight excluding hydrogens is 790 g/mol. The van der Waals surface area contributed by atoms with E-state index in [1.54, 1.807) is 19.1 Å². The van der Waals surface area contributed by atoms with Crippen molar-refractivity contribution in [3.8, 4) is 17.2 Å². The van der Waals surface area contributed by atoms with Crippen LogP contribution in [0.3, 0.4) is 0 Å². The van der Waals surface area contributed by atoms with E-state index >= 15 is 0 Å². The van der Waals surface area contributed by atoms with Crippen molar-refractivity contribution in [1.29, 1.82) is 0 Å². The van der Waals surface area contributed by atoms with Gasteiger partial charge in [-0.25, -0.2) is 4.79 Å². The first-order chi connectivity index (χ1) is 12.2. The molecule has 0 saturated heterocycles. The van der Waals surface area contributed by atoms with Crippen molar-refractivity contribution >= 4 is 103 Å². The van der Waals surface area contributed by atoms with Crippen LogP contribution in [0.2, 0.25) is 0 Å². The summed E-state index contributed by atoms with van der Waals surface area (Å²) in [6, 6.07) is 6.58. The molecule has 0 aliphatic heterocycles. The third kappa shape index (κ3) is 5.80. The molecule has 26 heavy (non-hydrogen) atoms. The second-order valence-electron chi connectivity index (χ2n) is 5.19. The van der Waals surface area contributed by atoms with Gasteiger partial charge in [0.1, 0.15) is 11.5 Å². The van der Waals surface area contributed by atoms with Gasteiger partial charge in [-0.2, -0.15) is 0 Å². The van der Waals surface area contributed by atoms with E-state index in [-0.39, 0.29) is 5.75 Å². The molecule has 2 aromatic carbocycles. The summed E-state index contributed by atoms with van der Waals surface area (Å²) in [6.45, 7) is 1.71. The Morgan fingerprint density at radius 3 is 2.12 bits per heavy atom. The Morgan fingerprint density at radius 2 is 1.65 bits per heavy atom. The molecule has 0 aliphatic carbocycles. The number of halogens is 4. The maximum atomic E-state index is 11.3.